The quantitative estimate of drug-likeness (QED) is 0.378. The lowest BCUT2D eigenvalue weighted by Crippen LogP contribution is -2.43. The van der Waals surface area contributed by atoms with Crippen LogP contribution in [0.4, 0.5) is 5.69 Å². The molecule has 1 fully saturated rings. The van der Waals surface area contributed by atoms with Crippen molar-refractivity contribution in [3.05, 3.63) is 64.7 Å². The van der Waals surface area contributed by atoms with Crippen LogP contribution in [-0.4, -0.2) is 61.7 Å². The van der Waals surface area contributed by atoms with Gasteiger partial charge in [0.15, 0.2) is 5.11 Å². The van der Waals surface area contributed by atoms with Crippen LogP contribution < -0.4 is 15.6 Å². The first-order valence-corrected chi connectivity index (χ1v) is 11.4. The van der Waals surface area contributed by atoms with Crippen LogP contribution in [0, 0.1) is 0 Å². The van der Waals surface area contributed by atoms with Crippen molar-refractivity contribution in [3.63, 3.8) is 0 Å². The minimum absolute atomic E-state index is 0.136. The van der Waals surface area contributed by atoms with Gasteiger partial charge in [0, 0.05) is 49.6 Å². The highest BCUT2D eigenvalue weighted by atomic mass is 35.5. The molecule has 0 aliphatic carbocycles. The highest BCUT2D eigenvalue weighted by Crippen LogP contribution is 2.33. The lowest BCUT2D eigenvalue weighted by molar-refractivity contribution is 0.0389. The van der Waals surface area contributed by atoms with Crippen molar-refractivity contribution in [2.75, 3.05) is 44.3 Å². The second-order valence-electron chi connectivity index (χ2n) is 7.72. The fourth-order valence-corrected chi connectivity index (χ4v) is 4.35. The summed E-state index contributed by atoms with van der Waals surface area (Å²) in [5.41, 5.74) is 6.61. The molecule has 0 spiro atoms. The number of anilines is 1. The molecule has 8 heteroatoms. The number of hydrogen-bond donors (Lipinski definition) is 2. The monoisotopic (exact) mass is 457 g/mol. The fourth-order valence-electron chi connectivity index (χ4n) is 4.00. The molecule has 1 saturated heterocycles. The minimum Gasteiger partial charge on any atom is -0.379 e. The van der Waals surface area contributed by atoms with Crippen molar-refractivity contribution in [1.29, 1.82) is 0 Å². The Bertz CT molecular complexity index is 918. The number of hydrazone groups is 1. The summed E-state index contributed by atoms with van der Waals surface area (Å²) in [6.07, 6.45) is 2.84. The van der Waals surface area contributed by atoms with Crippen LogP contribution >= 0.6 is 23.8 Å². The van der Waals surface area contributed by atoms with E-state index in [1.165, 1.54) is 11.3 Å². The normalized spacial score (nSPS) is 18.9. The molecule has 0 unspecified atom stereocenters. The maximum atomic E-state index is 6.42. The number of benzene rings is 2. The van der Waals surface area contributed by atoms with E-state index < -0.39 is 0 Å². The molecular formula is C23H28ClN5OS. The lowest BCUT2D eigenvalue weighted by atomic mass is 10.1. The molecule has 2 aliphatic rings. The van der Waals surface area contributed by atoms with E-state index in [1.807, 2.05) is 24.4 Å². The van der Waals surface area contributed by atoms with Gasteiger partial charge in [0.25, 0.3) is 0 Å². The summed E-state index contributed by atoms with van der Waals surface area (Å²) in [6, 6.07) is 16.6. The average Bonchev–Trinajstić information content (AvgIpc) is 3.13. The molecule has 1 atom stereocenters. The molecule has 164 valence electrons. The zero-order valence-corrected chi connectivity index (χ0v) is 19.0. The molecular weight excluding hydrogens is 430 g/mol. The number of ether oxygens (including phenoxy) is 1. The van der Waals surface area contributed by atoms with E-state index >= 15 is 0 Å². The van der Waals surface area contributed by atoms with Crippen LogP contribution in [0.5, 0.6) is 0 Å². The van der Waals surface area contributed by atoms with Crippen LogP contribution in [0.2, 0.25) is 5.02 Å². The Morgan fingerprint density at radius 1 is 1.16 bits per heavy atom. The second-order valence-corrected chi connectivity index (χ2v) is 8.53. The van der Waals surface area contributed by atoms with Gasteiger partial charge in [-0.2, -0.15) is 5.10 Å². The van der Waals surface area contributed by atoms with E-state index in [9.17, 15) is 0 Å². The Balaban J connectivity index is 1.32. The highest BCUT2D eigenvalue weighted by molar-refractivity contribution is 7.80. The van der Waals surface area contributed by atoms with E-state index in [2.05, 4.69) is 56.0 Å². The zero-order valence-electron chi connectivity index (χ0n) is 17.5. The summed E-state index contributed by atoms with van der Waals surface area (Å²) in [7, 11) is 0. The summed E-state index contributed by atoms with van der Waals surface area (Å²) in [5.74, 6) is 0. The summed E-state index contributed by atoms with van der Waals surface area (Å²) in [5, 5.41) is 8.98. The van der Waals surface area contributed by atoms with Gasteiger partial charge in [-0.3, -0.25) is 10.3 Å². The summed E-state index contributed by atoms with van der Waals surface area (Å²) < 4.78 is 5.37. The molecule has 4 rings (SSSR count). The van der Waals surface area contributed by atoms with Gasteiger partial charge in [-0.05, 0) is 41.9 Å². The van der Waals surface area contributed by atoms with Crippen molar-refractivity contribution in [1.82, 2.24) is 15.6 Å². The fraction of sp³-hybridized carbons (Fsp3) is 0.391. The third kappa shape index (κ3) is 5.95. The number of nitrogens with one attached hydrogen (secondary N) is 2. The van der Waals surface area contributed by atoms with E-state index in [-0.39, 0.29) is 6.04 Å². The predicted molar refractivity (Wildman–Crippen MR) is 131 cm³/mol. The molecule has 0 bridgehead atoms. The number of morpholine rings is 1. The molecule has 0 saturated carbocycles. The summed E-state index contributed by atoms with van der Waals surface area (Å²) in [6.45, 7) is 6.03. The third-order valence-corrected chi connectivity index (χ3v) is 6.26. The molecule has 2 aliphatic heterocycles. The van der Waals surface area contributed by atoms with Crippen LogP contribution in [0.3, 0.4) is 0 Å². The van der Waals surface area contributed by atoms with Gasteiger partial charge in [0.05, 0.1) is 19.3 Å². The number of hydrogen-bond acceptors (Lipinski definition) is 5. The molecule has 2 heterocycles. The minimum atomic E-state index is 0.136. The first-order valence-electron chi connectivity index (χ1n) is 10.7. The van der Waals surface area contributed by atoms with Crippen LogP contribution in [-0.2, 0) is 17.7 Å². The zero-order chi connectivity index (χ0) is 21.5. The Morgan fingerprint density at radius 3 is 2.77 bits per heavy atom. The van der Waals surface area contributed by atoms with Gasteiger partial charge < -0.3 is 15.0 Å². The number of fused-ring (bicyclic) bond motifs is 1. The number of nitrogens with zero attached hydrogens (tertiary/aromatic N) is 3. The molecule has 2 N–H and O–H groups in total. The summed E-state index contributed by atoms with van der Waals surface area (Å²) in [4.78, 5) is 4.71. The Morgan fingerprint density at radius 2 is 1.94 bits per heavy atom. The van der Waals surface area contributed by atoms with Gasteiger partial charge in [-0.1, -0.05) is 48.0 Å². The lowest BCUT2D eigenvalue weighted by Gasteiger charge is -2.26. The van der Waals surface area contributed by atoms with Crippen molar-refractivity contribution in [2.24, 2.45) is 5.10 Å². The maximum Gasteiger partial charge on any atom is 0.186 e. The van der Waals surface area contributed by atoms with Gasteiger partial charge in [-0.15, -0.1) is 0 Å². The number of rotatable bonds is 7. The standard InChI is InChI=1S/C23H28ClN5OS/c24-21-7-3-1-6-19(21)17-29-20(15-18-5-2-4-8-22(18)29)16-26-27-23(31)25-9-10-28-11-13-30-14-12-28/h1-8,16,20H,9-15,17H2,(H2,25,27,31)/t20-/m0/s1. The van der Waals surface area contributed by atoms with Gasteiger partial charge >= 0.3 is 0 Å². The van der Waals surface area contributed by atoms with Gasteiger partial charge in [-0.25, -0.2) is 0 Å². The van der Waals surface area contributed by atoms with Crippen LogP contribution in [0.15, 0.2) is 53.6 Å². The summed E-state index contributed by atoms with van der Waals surface area (Å²) >= 11 is 11.8. The molecule has 6 nitrogen and oxygen atoms in total. The number of halogens is 1. The molecule has 2 aromatic carbocycles. The van der Waals surface area contributed by atoms with Crippen molar-refractivity contribution < 1.29 is 4.74 Å². The number of thiocarbonyl (C=S) groups is 1. The van der Waals surface area contributed by atoms with Crippen molar-refractivity contribution in [2.45, 2.75) is 19.0 Å². The van der Waals surface area contributed by atoms with Crippen LogP contribution in [0.1, 0.15) is 11.1 Å². The Kier molecular flexibility index (Phi) is 7.75. The Hall–Kier alpha value is -2.19. The molecule has 0 aromatic heterocycles. The topological polar surface area (TPSA) is 52.1 Å². The smallest absolute Gasteiger partial charge is 0.186 e. The first-order chi connectivity index (χ1) is 15.2. The molecule has 0 amide bonds. The van der Waals surface area contributed by atoms with Gasteiger partial charge in [0.1, 0.15) is 0 Å². The Labute approximate surface area is 194 Å². The molecule has 0 radical (unpaired) electrons. The predicted octanol–water partition coefficient (Wildman–Crippen LogP) is 3.05. The highest BCUT2D eigenvalue weighted by Gasteiger charge is 2.28. The molecule has 31 heavy (non-hydrogen) atoms. The molecule has 2 aromatic rings. The van der Waals surface area contributed by atoms with Crippen molar-refractivity contribution >= 4 is 40.8 Å². The second kappa shape index (κ2) is 10.9. The van der Waals surface area contributed by atoms with E-state index in [0.29, 0.717) is 5.11 Å². The first kappa shape index (κ1) is 22.0. The van der Waals surface area contributed by atoms with Crippen LogP contribution in [0.25, 0.3) is 0 Å². The maximum absolute atomic E-state index is 6.42. The van der Waals surface area contributed by atoms with Gasteiger partial charge in [0.2, 0.25) is 0 Å². The SMILES string of the molecule is S=C(NCCN1CCOCC1)NN=C[C@@H]1Cc2ccccc2N1Cc1ccccc1Cl. The average molecular weight is 458 g/mol. The van der Waals surface area contributed by atoms with E-state index in [0.717, 1.165) is 62.9 Å². The van der Waals surface area contributed by atoms with E-state index in [4.69, 9.17) is 28.6 Å². The van der Waals surface area contributed by atoms with Crippen molar-refractivity contribution in [3.8, 4) is 0 Å². The number of para-hydroxylation sites is 1. The third-order valence-electron chi connectivity index (χ3n) is 5.66. The largest absolute Gasteiger partial charge is 0.379 e. The van der Waals surface area contributed by atoms with E-state index in [1.54, 1.807) is 0 Å².